The molecule has 2 aliphatic rings. The third-order valence-electron chi connectivity index (χ3n) is 4.84. The largest absolute Gasteiger partial charge is 0.356 e. The summed E-state index contributed by atoms with van der Waals surface area (Å²) >= 11 is 0. The molecule has 0 aromatic carbocycles. The molecular weight excluding hydrogens is 250 g/mol. The van der Waals surface area contributed by atoms with Crippen LogP contribution in [0.25, 0.3) is 0 Å². The Labute approximate surface area is 123 Å². The minimum Gasteiger partial charge on any atom is -0.356 e. The van der Waals surface area contributed by atoms with Crippen LogP contribution in [0.15, 0.2) is 0 Å². The summed E-state index contributed by atoms with van der Waals surface area (Å²) in [6, 6.07) is 1.23. The van der Waals surface area contributed by atoms with E-state index in [0.29, 0.717) is 12.1 Å². The van der Waals surface area contributed by atoms with Crippen LogP contribution >= 0.6 is 0 Å². The monoisotopic (exact) mass is 281 g/mol. The number of carbonyl (C=O) groups is 1. The summed E-state index contributed by atoms with van der Waals surface area (Å²) in [7, 11) is 0. The highest BCUT2D eigenvalue weighted by atomic mass is 16.1. The van der Waals surface area contributed by atoms with E-state index in [1.165, 1.54) is 19.3 Å². The second-order valence-corrected chi connectivity index (χ2v) is 6.63. The summed E-state index contributed by atoms with van der Waals surface area (Å²) < 4.78 is 0. The van der Waals surface area contributed by atoms with Crippen LogP contribution in [0, 0.1) is 5.92 Å². The molecule has 4 nitrogen and oxygen atoms in total. The van der Waals surface area contributed by atoms with Crippen molar-refractivity contribution in [3.63, 3.8) is 0 Å². The number of piperidine rings is 2. The third kappa shape index (κ3) is 4.74. The number of nitrogens with one attached hydrogen (secondary N) is 2. The molecule has 1 amide bonds. The van der Waals surface area contributed by atoms with Gasteiger partial charge in [-0.2, -0.15) is 0 Å². The molecule has 116 valence electrons. The Bertz CT molecular complexity index is 292. The number of hydrogen-bond acceptors (Lipinski definition) is 3. The number of hydrogen-bond donors (Lipinski definition) is 2. The van der Waals surface area contributed by atoms with E-state index in [2.05, 4.69) is 29.4 Å². The van der Waals surface area contributed by atoms with E-state index < -0.39 is 0 Å². The summed E-state index contributed by atoms with van der Waals surface area (Å²) in [6.45, 7) is 8.59. The van der Waals surface area contributed by atoms with Gasteiger partial charge in [-0.1, -0.05) is 6.42 Å². The molecule has 2 aliphatic heterocycles. The van der Waals surface area contributed by atoms with Crippen LogP contribution in [-0.2, 0) is 4.79 Å². The molecule has 0 aromatic rings. The zero-order valence-electron chi connectivity index (χ0n) is 13.2. The fourth-order valence-corrected chi connectivity index (χ4v) is 3.36. The summed E-state index contributed by atoms with van der Waals surface area (Å²) in [5.74, 6) is 0.522. The molecule has 0 saturated carbocycles. The minimum atomic E-state index is 0.240. The molecule has 2 saturated heterocycles. The lowest BCUT2D eigenvalue weighted by atomic mass is 9.95. The van der Waals surface area contributed by atoms with Gasteiger partial charge < -0.3 is 15.5 Å². The third-order valence-corrected chi connectivity index (χ3v) is 4.84. The Balaban J connectivity index is 1.60. The van der Waals surface area contributed by atoms with Crippen molar-refractivity contribution >= 4 is 5.91 Å². The van der Waals surface area contributed by atoms with E-state index in [1.807, 2.05) is 0 Å². The maximum atomic E-state index is 12.2. The SMILES string of the molecule is CC(C)N1CCC(C(=O)NCCC2CCCCN2)CC1. The first-order chi connectivity index (χ1) is 9.66. The van der Waals surface area contributed by atoms with E-state index >= 15 is 0 Å². The van der Waals surface area contributed by atoms with E-state index in [4.69, 9.17) is 0 Å². The van der Waals surface area contributed by atoms with Crippen molar-refractivity contribution in [2.75, 3.05) is 26.2 Å². The van der Waals surface area contributed by atoms with Gasteiger partial charge in [-0.05, 0) is 65.6 Å². The average Bonchev–Trinajstić information content (AvgIpc) is 2.48. The number of nitrogens with zero attached hydrogens (tertiary/aromatic N) is 1. The van der Waals surface area contributed by atoms with Crippen LogP contribution in [0.3, 0.4) is 0 Å². The highest BCUT2D eigenvalue weighted by Gasteiger charge is 2.25. The minimum absolute atomic E-state index is 0.240. The highest BCUT2D eigenvalue weighted by Crippen LogP contribution is 2.19. The Morgan fingerprint density at radius 2 is 2.00 bits per heavy atom. The van der Waals surface area contributed by atoms with Crippen molar-refractivity contribution in [2.24, 2.45) is 5.92 Å². The van der Waals surface area contributed by atoms with E-state index in [-0.39, 0.29) is 11.8 Å². The first-order valence-corrected chi connectivity index (χ1v) is 8.42. The normalized spacial score (nSPS) is 25.9. The summed E-state index contributed by atoms with van der Waals surface area (Å²) in [4.78, 5) is 14.6. The maximum Gasteiger partial charge on any atom is 0.223 e. The van der Waals surface area contributed by atoms with Gasteiger partial charge in [-0.15, -0.1) is 0 Å². The van der Waals surface area contributed by atoms with E-state index in [9.17, 15) is 4.79 Å². The lowest BCUT2D eigenvalue weighted by Crippen LogP contribution is -2.44. The zero-order chi connectivity index (χ0) is 14.4. The topological polar surface area (TPSA) is 44.4 Å². The van der Waals surface area contributed by atoms with Crippen molar-refractivity contribution < 1.29 is 4.79 Å². The molecular formula is C16H31N3O. The number of likely N-dealkylation sites (tertiary alicyclic amines) is 1. The molecule has 1 atom stereocenters. The van der Waals surface area contributed by atoms with Crippen LogP contribution in [0.2, 0.25) is 0 Å². The molecule has 0 spiro atoms. The molecule has 2 rings (SSSR count). The molecule has 0 aromatic heterocycles. The first-order valence-electron chi connectivity index (χ1n) is 8.42. The van der Waals surface area contributed by atoms with Gasteiger partial charge in [0.15, 0.2) is 0 Å². The molecule has 2 N–H and O–H groups in total. The molecule has 0 aliphatic carbocycles. The lowest BCUT2D eigenvalue weighted by molar-refractivity contribution is -0.126. The summed E-state index contributed by atoms with van der Waals surface area (Å²) in [5.41, 5.74) is 0. The Hall–Kier alpha value is -0.610. The molecule has 2 heterocycles. The Kier molecular flexibility index (Phi) is 6.30. The van der Waals surface area contributed by atoms with Crippen molar-refractivity contribution in [3.8, 4) is 0 Å². The summed E-state index contributed by atoms with van der Waals surface area (Å²) in [6.07, 6.45) is 7.02. The molecule has 1 unspecified atom stereocenters. The van der Waals surface area contributed by atoms with Gasteiger partial charge in [0.25, 0.3) is 0 Å². The predicted molar refractivity (Wildman–Crippen MR) is 82.7 cm³/mol. The lowest BCUT2D eigenvalue weighted by Gasteiger charge is -2.34. The molecule has 4 heteroatoms. The van der Waals surface area contributed by atoms with Crippen molar-refractivity contribution in [1.82, 2.24) is 15.5 Å². The van der Waals surface area contributed by atoms with Crippen LogP contribution in [-0.4, -0.2) is 49.1 Å². The van der Waals surface area contributed by atoms with Gasteiger partial charge in [0.05, 0.1) is 0 Å². The Morgan fingerprint density at radius 3 is 2.60 bits per heavy atom. The van der Waals surface area contributed by atoms with Crippen LogP contribution < -0.4 is 10.6 Å². The van der Waals surface area contributed by atoms with Gasteiger partial charge in [0.1, 0.15) is 0 Å². The number of rotatable bonds is 5. The first kappa shape index (κ1) is 15.8. The van der Waals surface area contributed by atoms with Crippen molar-refractivity contribution in [3.05, 3.63) is 0 Å². The second-order valence-electron chi connectivity index (χ2n) is 6.63. The number of amides is 1. The van der Waals surface area contributed by atoms with Gasteiger partial charge in [0, 0.05) is 24.5 Å². The van der Waals surface area contributed by atoms with Crippen molar-refractivity contribution in [1.29, 1.82) is 0 Å². The van der Waals surface area contributed by atoms with Crippen LogP contribution in [0.1, 0.15) is 52.4 Å². The van der Waals surface area contributed by atoms with E-state index in [0.717, 1.165) is 45.4 Å². The van der Waals surface area contributed by atoms with Gasteiger partial charge in [-0.25, -0.2) is 0 Å². The average molecular weight is 281 g/mol. The van der Waals surface area contributed by atoms with Gasteiger partial charge >= 0.3 is 0 Å². The molecule has 0 radical (unpaired) electrons. The van der Waals surface area contributed by atoms with E-state index in [1.54, 1.807) is 0 Å². The van der Waals surface area contributed by atoms with Gasteiger partial charge in [-0.3, -0.25) is 4.79 Å². The zero-order valence-corrected chi connectivity index (χ0v) is 13.2. The highest BCUT2D eigenvalue weighted by molar-refractivity contribution is 5.78. The maximum absolute atomic E-state index is 12.2. The van der Waals surface area contributed by atoms with Crippen LogP contribution in [0.4, 0.5) is 0 Å². The molecule has 0 bridgehead atoms. The standard InChI is InChI=1S/C16H31N3O/c1-13(2)19-11-7-14(8-12-19)16(20)18-10-6-15-5-3-4-9-17-15/h13-15,17H,3-12H2,1-2H3,(H,18,20). The smallest absolute Gasteiger partial charge is 0.223 e. The fraction of sp³-hybridized carbons (Fsp3) is 0.938. The fourth-order valence-electron chi connectivity index (χ4n) is 3.36. The number of carbonyl (C=O) groups excluding carboxylic acids is 1. The molecule has 20 heavy (non-hydrogen) atoms. The predicted octanol–water partition coefficient (Wildman–Crippen LogP) is 1.76. The summed E-state index contributed by atoms with van der Waals surface area (Å²) in [5, 5.41) is 6.68. The second kappa shape index (κ2) is 7.99. The Morgan fingerprint density at radius 1 is 1.25 bits per heavy atom. The van der Waals surface area contributed by atoms with Gasteiger partial charge in [0.2, 0.25) is 5.91 Å². The quantitative estimate of drug-likeness (QED) is 0.807. The van der Waals surface area contributed by atoms with Crippen molar-refractivity contribution in [2.45, 2.75) is 64.5 Å². The molecule has 2 fully saturated rings. The van der Waals surface area contributed by atoms with Crippen LogP contribution in [0.5, 0.6) is 0 Å².